The SMILES string of the molecule is NC1(c2cccc(-c3cc4ccccc4[nH]3)c2)N=CC=C(NCCCN2CCOCC2)N1. The average molecular weight is 431 g/mol. The van der Waals surface area contributed by atoms with Gasteiger partial charge in [0, 0.05) is 48.0 Å². The summed E-state index contributed by atoms with van der Waals surface area (Å²) in [6.07, 6.45) is 4.77. The van der Waals surface area contributed by atoms with E-state index in [2.05, 4.69) is 55.8 Å². The third-order valence-electron chi connectivity index (χ3n) is 6.06. The summed E-state index contributed by atoms with van der Waals surface area (Å²) in [6.45, 7) is 5.65. The fourth-order valence-electron chi connectivity index (χ4n) is 4.26. The number of para-hydroxylation sites is 1. The molecular formula is C25H30N6O. The average Bonchev–Trinajstić information content (AvgIpc) is 3.27. The second-order valence-electron chi connectivity index (χ2n) is 8.34. The minimum absolute atomic E-state index is 0.837. The van der Waals surface area contributed by atoms with Crippen LogP contribution < -0.4 is 16.4 Å². The molecule has 166 valence electrons. The molecule has 2 aliphatic rings. The second kappa shape index (κ2) is 9.16. The van der Waals surface area contributed by atoms with Crippen molar-refractivity contribution in [3.8, 4) is 11.3 Å². The molecule has 1 atom stereocenters. The van der Waals surface area contributed by atoms with Crippen LogP contribution in [-0.2, 0) is 10.5 Å². The maximum Gasteiger partial charge on any atom is 0.210 e. The smallest absolute Gasteiger partial charge is 0.210 e. The first-order valence-electron chi connectivity index (χ1n) is 11.2. The van der Waals surface area contributed by atoms with Crippen molar-refractivity contribution < 1.29 is 4.74 Å². The van der Waals surface area contributed by atoms with Crippen molar-refractivity contribution in [1.82, 2.24) is 20.5 Å². The lowest BCUT2D eigenvalue weighted by molar-refractivity contribution is 0.0375. The number of fused-ring (bicyclic) bond motifs is 1. The zero-order valence-electron chi connectivity index (χ0n) is 18.2. The Labute approximate surface area is 188 Å². The largest absolute Gasteiger partial charge is 0.379 e. The highest BCUT2D eigenvalue weighted by molar-refractivity contribution is 5.85. The molecule has 7 nitrogen and oxygen atoms in total. The summed E-state index contributed by atoms with van der Waals surface area (Å²) in [5.74, 6) is -0.121. The Balaban J connectivity index is 1.24. The van der Waals surface area contributed by atoms with Crippen molar-refractivity contribution in [2.75, 3.05) is 39.4 Å². The van der Waals surface area contributed by atoms with Crippen LogP contribution in [0.25, 0.3) is 22.2 Å². The standard InChI is InChI=1S/C25H30N6O/c26-25(28-11-9-24(30-25)27-10-4-12-31-13-15-32-16-14-31)21-7-3-6-19(17-21)23-18-20-5-1-2-8-22(20)29-23/h1-3,5-9,11,17-18,27,29-30H,4,10,12-16,26H2. The molecule has 32 heavy (non-hydrogen) atoms. The van der Waals surface area contributed by atoms with Crippen molar-refractivity contribution in [3.05, 3.63) is 72.1 Å². The number of aromatic amines is 1. The molecule has 5 N–H and O–H groups in total. The zero-order valence-corrected chi connectivity index (χ0v) is 18.2. The summed E-state index contributed by atoms with van der Waals surface area (Å²) in [5, 5.41) is 8.03. The highest BCUT2D eigenvalue weighted by atomic mass is 16.5. The molecule has 1 unspecified atom stereocenters. The molecule has 1 saturated heterocycles. The van der Waals surface area contributed by atoms with Crippen LogP contribution in [0.4, 0.5) is 0 Å². The predicted molar refractivity (Wildman–Crippen MR) is 129 cm³/mol. The Morgan fingerprint density at radius 3 is 2.84 bits per heavy atom. The van der Waals surface area contributed by atoms with Gasteiger partial charge in [-0.25, -0.2) is 4.99 Å². The van der Waals surface area contributed by atoms with Gasteiger partial charge >= 0.3 is 0 Å². The number of H-pyrrole nitrogens is 1. The molecule has 0 saturated carbocycles. The van der Waals surface area contributed by atoms with E-state index in [9.17, 15) is 0 Å². The van der Waals surface area contributed by atoms with Gasteiger partial charge in [-0.2, -0.15) is 0 Å². The first-order valence-corrected chi connectivity index (χ1v) is 11.2. The van der Waals surface area contributed by atoms with Gasteiger partial charge in [-0.15, -0.1) is 0 Å². The van der Waals surface area contributed by atoms with Crippen LogP contribution in [0.5, 0.6) is 0 Å². The number of allylic oxidation sites excluding steroid dienone is 1. The molecule has 1 aromatic heterocycles. The number of nitrogens with zero attached hydrogens (tertiary/aromatic N) is 2. The highest BCUT2D eigenvalue weighted by Gasteiger charge is 2.29. The van der Waals surface area contributed by atoms with E-state index >= 15 is 0 Å². The number of nitrogens with one attached hydrogen (secondary N) is 3. The molecule has 3 aromatic rings. The maximum absolute atomic E-state index is 6.69. The van der Waals surface area contributed by atoms with Gasteiger partial charge < -0.3 is 20.4 Å². The summed E-state index contributed by atoms with van der Waals surface area (Å²) >= 11 is 0. The Morgan fingerprint density at radius 2 is 1.97 bits per heavy atom. The fourth-order valence-corrected chi connectivity index (χ4v) is 4.26. The van der Waals surface area contributed by atoms with Gasteiger partial charge in [0.2, 0.25) is 5.79 Å². The topological polar surface area (TPSA) is 90.7 Å². The molecule has 0 amide bonds. The van der Waals surface area contributed by atoms with Gasteiger partial charge in [0.1, 0.15) is 5.82 Å². The van der Waals surface area contributed by atoms with E-state index in [0.717, 1.165) is 74.0 Å². The summed E-state index contributed by atoms with van der Waals surface area (Å²) in [4.78, 5) is 10.5. The number of hydrogen-bond donors (Lipinski definition) is 4. The molecule has 0 bridgehead atoms. The molecular weight excluding hydrogens is 400 g/mol. The third-order valence-corrected chi connectivity index (χ3v) is 6.06. The van der Waals surface area contributed by atoms with Crippen molar-refractivity contribution in [2.45, 2.75) is 12.2 Å². The molecule has 7 heteroatoms. The number of rotatable bonds is 7. The van der Waals surface area contributed by atoms with Crippen molar-refractivity contribution in [3.63, 3.8) is 0 Å². The van der Waals surface area contributed by atoms with Crippen LogP contribution in [0, 0.1) is 0 Å². The van der Waals surface area contributed by atoms with Crippen molar-refractivity contribution in [2.24, 2.45) is 10.7 Å². The van der Waals surface area contributed by atoms with Gasteiger partial charge in [-0.1, -0.05) is 36.4 Å². The Hall–Kier alpha value is -3.13. The van der Waals surface area contributed by atoms with Crippen molar-refractivity contribution in [1.29, 1.82) is 0 Å². The molecule has 0 radical (unpaired) electrons. The molecule has 0 spiro atoms. The molecule has 2 aliphatic heterocycles. The van der Waals surface area contributed by atoms with E-state index in [1.807, 2.05) is 30.3 Å². The summed E-state index contributed by atoms with van der Waals surface area (Å²) in [7, 11) is 0. The number of aliphatic imine (C=N–C) groups is 1. The number of hydrogen-bond acceptors (Lipinski definition) is 6. The lowest BCUT2D eigenvalue weighted by Crippen LogP contribution is -2.52. The summed E-state index contributed by atoms with van der Waals surface area (Å²) < 4.78 is 5.41. The number of aromatic nitrogens is 1. The zero-order chi connectivity index (χ0) is 21.8. The van der Waals surface area contributed by atoms with E-state index in [0.29, 0.717) is 0 Å². The second-order valence-corrected chi connectivity index (χ2v) is 8.34. The van der Waals surface area contributed by atoms with Gasteiger partial charge in [-0.3, -0.25) is 10.6 Å². The van der Waals surface area contributed by atoms with Crippen molar-refractivity contribution >= 4 is 17.1 Å². The number of morpholine rings is 1. The van der Waals surface area contributed by atoms with Gasteiger partial charge in [0.15, 0.2) is 0 Å². The lowest BCUT2D eigenvalue weighted by Gasteiger charge is -2.32. The minimum atomic E-state index is -1.01. The monoisotopic (exact) mass is 430 g/mol. The van der Waals surface area contributed by atoms with E-state index in [1.165, 1.54) is 5.39 Å². The molecule has 2 aromatic carbocycles. The predicted octanol–water partition coefficient (Wildman–Crippen LogP) is 2.73. The number of nitrogens with two attached hydrogens (primary N) is 1. The van der Waals surface area contributed by atoms with Crippen LogP contribution in [0.15, 0.2) is 71.5 Å². The Kier molecular flexibility index (Phi) is 5.94. The molecule has 0 aliphatic carbocycles. The van der Waals surface area contributed by atoms with Gasteiger partial charge in [-0.05, 0) is 42.8 Å². The van der Waals surface area contributed by atoms with E-state index in [1.54, 1.807) is 6.21 Å². The van der Waals surface area contributed by atoms with Crippen LogP contribution in [0.2, 0.25) is 0 Å². The van der Waals surface area contributed by atoms with E-state index in [4.69, 9.17) is 10.5 Å². The van der Waals surface area contributed by atoms with Gasteiger partial charge in [0.25, 0.3) is 0 Å². The molecule has 5 rings (SSSR count). The van der Waals surface area contributed by atoms with E-state index < -0.39 is 5.79 Å². The van der Waals surface area contributed by atoms with Gasteiger partial charge in [0.05, 0.1) is 13.2 Å². The third kappa shape index (κ3) is 4.55. The van der Waals surface area contributed by atoms with Crippen LogP contribution >= 0.6 is 0 Å². The normalized spacial score (nSPS) is 21.3. The fraction of sp³-hybridized carbons (Fsp3) is 0.320. The van der Waals surface area contributed by atoms with Crippen LogP contribution in [0.1, 0.15) is 12.0 Å². The Bertz CT molecular complexity index is 1100. The number of benzene rings is 2. The first-order chi connectivity index (χ1) is 15.7. The van der Waals surface area contributed by atoms with Crippen LogP contribution in [-0.4, -0.2) is 55.5 Å². The quantitative estimate of drug-likeness (QED) is 0.433. The van der Waals surface area contributed by atoms with Crippen LogP contribution in [0.3, 0.4) is 0 Å². The Morgan fingerprint density at radius 1 is 1.09 bits per heavy atom. The lowest BCUT2D eigenvalue weighted by atomic mass is 10.0. The first kappa shape index (κ1) is 20.8. The maximum atomic E-state index is 6.69. The summed E-state index contributed by atoms with van der Waals surface area (Å²) in [6, 6.07) is 18.7. The molecule has 3 heterocycles. The van der Waals surface area contributed by atoms with E-state index in [-0.39, 0.29) is 0 Å². The molecule has 1 fully saturated rings. The minimum Gasteiger partial charge on any atom is -0.379 e. The highest BCUT2D eigenvalue weighted by Crippen LogP contribution is 2.28. The summed E-state index contributed by atoms with van der Waals surface area (Å²) in [5.41, 5.74) is 10.9. The number of ether oxygens (including phenoxy) is 1.